The van der Waals surface area contributed by atoms with Crippen LogP contribution in [0.2, 0.25) is 0 Å². The van der Waals surface area contributed by atoms with Crippen LogP contribution in [0.1, 0.15) is 25.0 Å². The summed E-state index contributed by atoms with van der Waals surface area (Å²) in [6, 6.07) is 7.54. The predicted molar refractivity (Wildman–Crippen MR) is 111 cm³/mol. The lowest BCUT2D eigenvalue weighted by atomic mass is 10.1. The van der Waals surface area contributed by atoms with Crippen LogP contribution in [0.4, 0.5) is 0 Å². The van der Waals surface area contributed by atoms with Crippen molar-refractivity contribution in [2.45, 2.75) is 19.4 Å². The summed E-state index contributed by atoms with van der Waals surface area (Å²) in [4.78, 5) is 9.55. The van der Waals surface area contributed by atoms with Crippen molar-refractivity contribution in [2.24, 2.45) is 10.9 Å². The largest absolute Gasteiger partial charge is 0.497 e. The first-order valence-electron chi connectivity index (χ1n) is 10.3. The third-order valence-corrected chi connectivity index (χ3v) is 5.43. The molecule has 2 fully saturated rings. The SMILES string of the molecule is CCNC(=NCC(O)c1cccc(OC)c1)N1CCC(CN2CCOCC2)C1. The van der Waals surface area contributed by atoms with Crippen LogP contribution in [0.25, 0.3) is 0 Å². The van der Waals surface area contributed by atoms with E-state index in [1.165, 1.54) is 6.42 Å². The van der Waals surface area contributed by atoms with Crippen LogP contribution in [-0.2, 0) is 4.74 Å². The van der Waals surface area contributed by atoms with E-state index in [0.29, 0.717) is 12.5 Å². The van der Waals surface area contributed by atoms with Crippen molar-refractivity contribution in [3.63, 3.8) is 0 Å². The van der Waals surface area contributed by atoms with Gasteiger partial charge in [-0.05, 0) is 37.0 Å². The van der Waals surface area contributed by atoms with E-state index >= 15 is 0 Å². The van der Waals surface area contributed by atoms with E-state index in [-0.39, 0.29) is 0 Å². The Morgan fingerprint density at radius 3 is 2.93 bits per heavy atom. The summed E-state index contributed by atoms with van der Waals surface area (Å²) in [6.45, 7) is 10.2. The van der Waals surface area contributed by atoms with E-state index in [4.69, 9.17) is 14.5 Å². The van der Waals surface area contributed by atoms with Gasteiger partial charge in [0.2, 0.25) is 0 Å². The number of hydrogen-bond acceptors (Lipinski definition) is 5. The van der Waals surface area contributed by atoms with Crippen molar-refractivity contribution < 1.29 is 14.6 Å². The summed E-state index contributed by atoms with van der Waals surface area (Å²) in [5, 5.41) is 13.9. The first-order chi connectivity index (χ1) is 13.7. The van der Waals surface area contributed by atoms with Crippen molar-refractivity contribution in [3.8, 4) is 5.75 Å². The molecule has 156 valence electrons. The number of methoxy groups -OCH3 is 1. The maximum atomic E-state index is 10.5. The number of likely N-dealkylation sites (tertiary alicyclic amines) is 1. The average Bonchev–Trinajstić information content (AvgIpc) is 3.20. The lowest BCUT2D eigenvalue weighted by molar-refractivity contribution is 0.0315. The molecular weight excluding hydrogens is 356 g/mol. The molecule has 2 heterocycles. The van der Waals surface area contributed by atoms with Gasteiger partial charge in [-0.2, -0.15) is 0 Å². The van der Waals surface area contributed by atoms with Crippen molar-refractivity contribution in [1.82, 2.24) is 15.1 Å². The number of nitrogens with zero attached hydrogens (tertiary/aromatic N) is 3. The van der Waals surface area contributed by atoms with Gasteiger partial charge < -0.3 is 24.8 Å². The van der Waals surface area contributed by atoms with Crippen LogP contribution in [0.15, 0.2) is 29.3 Å². The van der Waals surface area contributed by atoms with Crippen molar-refractivity contribution in [2.75, 3.05) is 66.1 Å². The maximum absolute atomic E-state index is 10.5. The highest BCUT2D eigenvalue weighted by molar-refractivity contribution is 5.80. The van der Waals surface area contributed by atoms with E-state index in [9.17, 15) is 5.11 Å². The highest BCUT2D eigenvalue weighted by Gasteiger charge is 2.27. The van der Waals surface area contributed by atoms with Crippen molar-refractivity contribution in [1.29, 1.82) is 0 Å². The Morgan fingerprint density at radius 2 is 2.18 bits per heavy atom. The minimum absolute atomic E-state index is 0.333. The number of guanidine groups is 1. The molecule has 28 heavy (non-hydrogen) atoms. The zero-order valence-corrected chi connectivity index (χ0v) is 17.1. The summed E-state index contributed by atoms with van der Waals surface area (Å²) < 4.78 is 10.7. The van der Waals surface area contributed by atoms with E-state index in [0.717, 1.165) is 69.8 Å². The molecule has 1 aromatic rings. The molecular formula is C21H34N4O3. The molecule has 2 aliphatic rings. The molecule has 0 saturated carbocycles. The molecule has 2 aliphatic heterocycles. The molecule has 7 nitrogen and oxygen atoms in total. The van der Waals surface area contributed by atoms with Crippen molar-refractivity contribution in [3.05, 3.63) is 29.8 Å². The Kier molecular flexibility index (Phi) is 7.94. The summed E-state index contributed by atoms with van der Waals surface area (Å²) in [5.74, 6) is 2.30. The molecule has 7 heteroatoms. The van der Waals surface area contributed by atoms with Crippen LogP contribution in [-0.4, -0.2) is 87.0 Å². The maximum Gasteiger partial charge on any atom is 0.194 e. The second-order valence-electron chi connectivity index (χ2n) is 7.50. The smallest absolute Gasteiger partial charge is 0.194 e. The fraction of sp³-hybridized carbons (Fsp3) is 0.667. The number of morpholine rings is 1. The Hall–Kier alpha value is -1.83. The zero-order valence-electron chi connectivity index (χ0n) is 17.1. The molecule has 0 radical (unpaired) electrons. The molecule has 1 aromatic carbocycles. The minimum Gasteiger partial charge on any atom is -0.497 e. The third kappa shape index (κ3) is 5.83. The normalized spacial score (nSPS) is 22.3. The molecule has 0 aromatic heterocycles. The lowest BCUT2D eigenvalue weighted by Crippen LogP contribution is -2.42. The molecule has 3 rings (SSSR count). The number of hydrogen-bond donors (Lipinski definition) is 2. The van der Waals surface area contributed by atoms with Gasteiger partial charge in [0.05, 0.1) is 33.0 Å². The fourth-order valence-electron chi connectivity index (χ4n) is 3.88. The Balaban J connectivity index is 1.56. The van der Waals surface area contributed by atoms with E-state index in [1.54, 1.807) is 7.11 Å². The minimum atomic E-state index is -0.643. The van der Waals surface area contributed by atoms with Gasteiger partial charge in [0.25, 0.3) is 0 Å². The van der Waals surface area contributed by atoms with Crippen LogP contribution in [0, 0.1) is 5.92 Å². The van der Waals surface area contributed by atoms with Crippen LogP contribution < -0.4 is 10.1 Å². The van der Waals surface area contributed by atoms with Gasteiger partial charge in [-0.15, -0.1) is 0 Å². The van der Waals surface area contributed by atoms with Crippen LogP contribution >= 0.6 is 0 Å². The number of aliphatic imine (C=N–C) groups is 1. The highest BCUT2D eigenvalue weighted by Crippen LogP contribution is 2.21. The van der Waals surface area contributed by atoms with Gasteiger partial charge in [-0.3, -0.25) is 9.89 Å². The van der Waals surface area contributed by atoms with Gasteiger partial charge in [0, 0.05) is 39.3 Å². The first kappa shape index (κ1) is 20.9. The van der Waals surface area contributed by atoms with Crippen LogP contribution in [0.5, 0.6) is 5.75 Å². The monoisotopic (exact) mass is 390 g/mol. The molecule has 2 unspecified atom stereocenters. The molecule has 0 aliphatic carbocycles. The number of aliphatic hydroxyl groups is 1. The highest BCUT2D eigenvalue weighted by atomic mass is 16.5. The average molecular weight is 391 g/mol. The summed E-state index contributed by atoms with van der Waals surface area (Å²) in [5.41, 5.74) is 0.825. The summed E-state index contributed by atoms with van der Waals surface area (Å²) >= 11 is 0. The molecule has 2 saturated heterocycles. The number of benzene rings is 1. The number of ether oxygens (including phenoxy) is 2. The second-order valence-corrected chi connectivity index (χ2v) is 7.50. The molecule has 0 amide bonds. The standard InChI is InChI=1S/C21H34N4O3/c1-3-22-21(23-14-20(26)18-5-4-6-19(13-18)27-2)25-8-7-17(16-25)15-24-9-11-28-12-10-24/h4-6,13,17,20,26H,3,7-12,14-16H2,1-2H3,(H,22,23). The molecule has 0 bridgehead atoms. The summed E-state index contributed by atoms with van der Waals surface area (Å²) in [7, 11) is 1.63. The Morgan fingerprint density at radius 1 is 1.36 bits per heavy atom. The van der Waals surface area contributed by atoms with E-state index in [1.807, 2.05) is 24.3 Å². The number of aliphatic hydroxyl groups excluding tert-OH is 1. The van der Waals surface area contributed by atoms with Gasteiger partial charge >= 0.3 is 0 Å². The Bertz CT molecular complexity index is 634. The quantitative estimate of drug-likeness (QED) is 0.541. The van der Waals surface area contributed by atoms with E-state index < -0.39 is 6.10 Å². The second kappa shape index (κ2) is 10.6. The molecule has 0 spiro atoms. The van der Waals surface area contributed by atoms with Gasteiger partial charge in [-0.1, -0.05) is 12.1 Å². The first-order valence-corrected chi connectivity index (χ1v) is 10.3. The lowest BCUT2D eigenvalue weighted by Gasteiger charge is -2.29. The number of rotatable bonds is 7. The van der Waals surface area contributed by atoms with Crippen molar-refractivity contribution >= 4 is 5.96 Å². The predicted octanol–water partition coefficient (Wildman–Crippen LogP) is 1.35. The molecule has 2 atom stereocenters. The fourth-order valence-corrected chi connectivity index (χ4v) is 3.88. The topological polar surface area (TPSA) is 69.6 Å². The van der Waals surface area contributed by atoms with Crippen LogP contribution in [0.3, 0.4) is 0 Å². The third-order valence-electron chi connectivity index (χ3n) is 5.43. The summed E-state index contributed by atoms with van der Waals surface area (Å²) in [6.07, 6.45) is 0.538. The number of nitrogens with one attached hydrogen (secondary N) is 1. The van der Waals surface area contributed by atoms with Gasteiger partial charge in [0.1, 0.15) is 5.75 Å². The molecule has 2 N–H and O–H groups in total. The Labute approximate surface area is 168 Å². The zero-order chi connectivity index (χ0) is 19.8. The van der Waals surface area contributed by atoms with Gasteiger partial charge in [-0.25, -0.2) is 0 Å². The van der Waals surface area contributed by atoms with Gasteiger partial charge in [0.15, 0.2) is 5.96 Å². The van der Waals surface area contributed by atoms with E-state index in [2.05, 4.69) is 22.0 Å².